The number of nitrogens with one attached hydrogen (secondary N) is 1. The van der Waals surface area contributed by atoms with Crippen molar-refractivity contribution in [1.82, 2.24) is 5.32 Å². The summed E-state index contributed by atoms with van der Waals surface area (Å²) < 4.78 is 0. The van der Waals surface area contributed by atoms with Crippen LogP contribution < -0.4 is 5.32 Å². The monoisotopic (exact) mass is 169 g/mol. The third-order valence-electron chi connectivity index (χ3n) is 1.96. The highest BCUT2D eigenvalue weighted by Crippen LogP contribution is 2.06. The Morgan fingerprint density at radius 2 is 2.25 bits per heavy atom. The molecule has 2 nitrogen and oxygen atoms in total. The molecule has 0 radical (unpaired) electrons. The van der Waals surface area contributed by atoms with Gasteiger partial charge in [-0.2, -0.15) is 0 Å². The molecule has 0 aliphatic heterocycles. The van der Waals surface area contributed by atoms with Gasteiger partial charge in [0.2, 0.25) is 0 Å². The summed E-state index contributed by atoms with van der Waals surface area (Å²) in [4.78, 5) is 0. The van der Waals surface area contributed by atoms with Crippen LogP contribution in [0.15, 0.2) is 0 Å². The highest BCUT2D eigenvalue weighted by atomic mass is 16.3. The molecule has 0 bridgehead atoms. The Hall–Kier alpha value is -0.520. The fraction of sp³-hybridized carbons (Fsp3) is 0.800. The van der Waals surface area contributed by atoms with E-state index < -0.39 is 0 Å². The molecule has 0 fully saturated rings. The summed E-state index contributed by atoms with van der Waals surface area (Å²) in [5.41, 5.74) is 0. The van der Waals surface area contributed by atoms with Crippen molar-refractivity contribution in [2.75, 3.05) is 7.05 Å². The van der Waals surface area contributed by atoms with Crippen LogP contribution in [0.3, 0.4) is 0 Å². The molecule has 2 atom stereocenters. The number of aliphatic hydroxyl groups is 1. The third kappa shape index (κ3) is 5.17. The number of hydrogen-bond acceptors (Lipinski definition) is 2. The van der Waals surface area contributed by atoms with Crippen LogP contribution in [-0.4, -0.2) is 24.3 Å². The van der Waals surface area contributed by atoms with Crippen LogP contribution >= 0.6 is 0 Å². The van der Waals surface area contributed by atoms with E-state index in [1.807, 2.05) is 7.05 Å². The minimum Gasteiger partial charge on any atom is -0.392 e. The van der Waals surface area contributed by atoms with Gasteiger partial charge >= 0.3 is 0 Å². The van der Waals surface area contributed by atoms with Crippen molar-refractivity contribution in [2.24, 2.45) is 0 Å². The van der Waals surface area contributed by atoms with Crippen LogP contribution in [0.2, 0.25) is 0 Å². The van der Waals surface area contributed by atoms with E-state index in [9.17, 15) is 5.11 Å². The second-order valence-electron chi connectivity index (χ2n) is 3.07. The molecule has 0 heterocycles. The maximum absolute atomic E-state index is 9.39. The molecule has 0 amide bonds. The van der Waals surface area contributed by atoms with Crippen LogP contribution in [0.25, 0.3) is 0 Å². The standard InChI is InChI=1S/C10H19NO/c1-4-6-9(11-3)8-10(12)7-5-2/h2,9-12H,4,6-8H2,1,3H3. The topological polar surface area (TPSA) is 32.3 Å². The summed E-state index contributed by atoms with van der Waals surface area (Å²) >= 11 is 0. The van der Waals surface area contributed by atoms with Crippen LogP contribution in [-0.2, 0) is 0 Å². The minimum atomic E-state index is -0.348. The summed E-state index contributed by atoms with van der Waals surface area (Å²) in [6.07, 6.45) is 8.19. The van der Waals surface area contributed by atoms with Crippen LogP contribution in [0, 0.1) is 12.3 Å². The summed E-state index contributed by atoms with van der Waals surface area (Å²) in [5.74, 6) is 2.46. The lowest BCUT2D eigenvalue weighted by Gasteiger charge is -2.17. The second kappa shape index (κ2) is 7.15. The van der Waals surface area contributed by atoms with E-state index in [1.54, 1.807) is 0 Å². The van der Waals surface area contributed by atoms with Gasteiger partial charge in [0.15, 0.2) is 0 Å². The molecule has 2 heteroatoms. The van der Waals surface area contributed by atoms with Gasteiger partial charge in [-0.3, -0.25) is 0 Å². The average molecular weight is 169 g/mol. The fourth-order valence-electron chi connectivity index (χ4n) is 1.28. The molecule has 0 aliphatic carbocycles. The molecule has 2 unspecified atom stereocenters. The molecule has 0 aromatic rings. The molecule has 0 aromatic heterocycles. The normalized spacial score (nSPS) is 15.2. The molecular formula is C10H19NO. The highest BCUT2D eigenvalue weighted by molar-refractivity contribution is 4.88. The van der Waals surface area contributed by atoms with E-state index in [0.717, 1.165) is 19.3 Å². The first-order valence-corrected chi connectivity index (χ1v) is 4.53. The van der Waals surface area contributed by atoms with Gasteiger partial charge < -0.3 is 10.4 Å². The van der Waals surface area contributed by atoms with Crippen molar-refractivity contribution in [1.29, 1.82) is 0 Å². The van der Waals surface area contributed by atoms with E-state index in [2.05, 4.69) is 18.2 Å². The number of hydrogen-bond donors (Lipinski definition) is 2. The first-order chi connectivity index (χ1) is 5.74. The molecular weight excluding hydrogens is 150 g/mol. The Morgan fingerprint density at radius 1 is 1.58 bits per heavy atom. The Labute approximate surface area is 75.4 Å². The highest BCUT2D eigenvalue weighted by Gasteiger charge is 2.10. The molecule has 0 aliphatic rings. The lowest BCUT2D eigenvalue weighted by molar-refractivity contribution is 0.153. The number of terminal acetylenes is 1. The van der Waals surface area contributed by atoms with Crippen molar-refractivity contribution >= 4 is 0 Å². The van der Waals surface area contributed by atoms with Crippen molar-refractivity contribution < 1.29 is 5.11 Å². The molecule has 12 heavy (non-hydrogen) atoms. The predicted molar refractivity (Wildman–Crippen MR) is 51.8 cm³/mol. The second-order valence-corrected chi connectivity index (χ2v) is 3.07. The van der Waals surface area contributed by atoms with Gasteiger partial charge in [-0.1, -0.05) is 13.3 Å². The maximum Gasteiger partial charge on any atom is 0.0664 e. The van der Waals surface area contributed by atoms with Crippen molar-refractivity contribution in [2.45, 2.75) is 44.8 Å². The predicted octanol–water partition coefficient (Wildman–Crippen LogP) is 1.15. The molecule has 0 aromatic carbocycles. The number of rotatable bonds is 6. The SMILES string of the molecule is C#CCC(O)CC(CCC)NC. The average Bonchev–Trinajstić information content (AvgIpc) is 2.04. The van der Waals surface area contributed by atoms with E-state index in [-0.39, 0.29) is 6.10 Å². The summed E-state index contributed by atoms with van der Waals surface area (Å²) in [6.45, 7) is 2.14. The van der Waals surface area contributed by atoms with Crippen LogP contribution in [0.5, 0.6) is 0 Å². The zero-order valence-corrected chi connectivity index (χ0v) is 8.01. The quantitative estimate of drug-likeness (QED) is 0.585. The number of aliphatic hydroxyl groups excluding tert-OH is 1. The minimum absolute atomic E-state index is 0.348. The summed E-state index contributed by atoms with van der Waals surface area (Å²) in [5, 5.41) is 12.6. The molecule has 0 saturated carbocycles. The van der Waals surface area contributed by atoms with Crippen molar-refractivity contribution in [3.05, 3.63) is 0 Å². The molecule has 0 saturated heterocycles. The van der Waals surface area contributed by atoms with E-state index >= 15 is 0 Å². The summed E-state index contributed by atoms with van der Waals surface area (Å²) in [6, 6.07) is 0.401. The van der Waals surface area contributed by atoms with Crippen molar-refractivity contribution in [3.63, 3.8) is 0 Å². The Kier molecular flexibility index (Phi) is 6.84. The first-order valence-electron chi connectivity index (χ1n) is 4.53. The maximum atomic E-state index is 9.39. The van der Waals surface area contributed by atoms with Gasteiger partial charge in [0.05, 0.1) is 6.10 Å². The van der Waals surface area contributed by atoms with Crippen LogP contribution in [0.4, 0.5) is 0 Å². The smallest absolute Gasteiger partial charge is 0.0664 e. The lowest BCUT2D eigenvalue weighted by Crippen LogP contribution is -2.29. The third-order valence-corrected chi connectivity index (χ3v) is 1.96. The molecule has 2 N–H and O–H groups in total. The Morgan fingerprint density at radius 3 is 2.67 bits per heavy atom. The fourth-order valence-corrected chi connectivity index (χ4v) is 1.28. The lowest BCUT2D eigenvalue weighted by atomic mass is 10.0. The van der Waals surface area contributed by atoms with Gasteiger partial charge in [-0.25, -0.2) is 0 Å². The van der Waals surface area contributed by atoms with Gasteiger partial charge in [-0.05, 0) is 19.9 Å². The first kappa shape index (κ1) is 11.5. The van der Waals surface area contributed by atoms with Gasteiger partial charge in [-0.15, -0.1) is 12.3 Å². The zero-order chi connectivity index (χ0) is 9.40. The van der Waals surface area contributed by atoms with Crippen LogP contribution in [0.1, 0.15) is 32.6 Å². The zero-order valence-electron chi connectivity index (χ0n) is 8.01. The largest absolute Gasteiger partial charge is 0.392 e. The van der Waals surface area contributed by atoms with E-state index in [1.165, 1.54) is 0 Å². The van der Waals surface area contributed by atoms with E-state index in [4.69, 9.17) is 6.42 Å². The summed E-state index contributed by atoms with van der Waals surface area (Å²) in [7, 11) is 1.92. The van der Waals surface area contributed by atoms with Gasteiger partial charge in [0.25, 0.3) is 0 Å². The molecule has 0 spiro atoms. The molecule has 70 valence electrons. The Bertz CT molecular complexity index is 139. The van der Waals surface area contributed by atoms with E-state index in [0.29, 0.717) is 12.5 Å². The Balaban J connectivity index is 3.62. The van der Waals surface area contributed by atoms with Gasteiger partial charge in [0, 0.05) is 12.5 Å². The van der Waals surface area contributed by atoms with Crippen molar-refractivity contribution in [3.8, 4) is 12.3 Å². The molecule has 0 rings (SSSR count). The van der Waals surface area contributed by atoms with Gasteiger partial charge in [0.1, 0.15) is 0 Å².